The van der Waals surface area contributed by atoms with Crippen molar-refractivity contribution in [1.82, 2.24) is 4.72 Å². The molecule has 0 amide bonds. The normalized spacial score (nSPS) is 34.3. The maximum Gasteiger partial charge on any atom is 0.240 e. The van der Waals surface area contributed by atoms with E-state index in [-0.39, 0.29) is 21.8 Å². The Morgan fingerprint density at radius 1 is 1.19 bits per heavy atom. The van der Waals surface area contributed by atoms with Gasteiger partial charge in [0, 0.05) is 11.1 Å². The number of halogens is 1. The summed E-state index contributed by atoms with van der Waals surface area (Å²) in [6, 6.07) is 6.37. The molecule has 2 aliphatic rings. The molecule has 0 aliphatic heterocycles. The summed E-state index contributed by atoms with van der Waals surface area (Å²) in [4.78, 5) is 0.288. The first-order valence-electron chi connectivity index (χ1n) is 7.45. The molecule has 5 heteroatoms. The monoisotopic (exact) mass is 327 g/mol. The van der Waals surface area contributed by atoms with Gasteiger partial charge in [0.1, 0.15) is 0 Å². The highest BCUT2D eigenvalue weighted by atomic mass is 35.5. The molecule has 0 spiro atoms. The van der Waals surface area contributed by atoms with E-state index in [2.05, 4.69) is 25.5 Å². The Morgan fingerprint density at radius 2 is 1.81 bits per heavy atom. The molecule has 1 aromatic rings. The lowest BCUT2D eigenvalue weighted by Crippen LogP contribution is -2.46. The van der Waals surface area contributed by atoms with Crippen LogP contribution in [0.15, 0.2) is 29.2 Å². The molecule has 116 valence electrons. The zero-order chi connectivity index (χ0) is 15.5. The predicted octanol–water partition coefficient (Wildman–Crippen LogP) is 3.83. The van der Waals surface area contributed by atoms with E-state index in [0.717, 1.165) is 12.8 Å². The quantitative estimate of drug-likeness (QED) is 0.917. The highest BCUT2D eigenvalue weighted by Gasteiger charge is 2.61. The molecule has 1 N–H and O–H groups in total. The van der Waals surface area contributed by atoms with Crippen LogP contribution in [0.3, 0.4) is 0 Å². The predicted molar refractivity (Wildman–Crippen MR) is 84.8 cm³/mol. The Bertz CT molecular complexity index is 653. The van der Waals surface area contributed by atoms with Crippen LogP contribution in [0.25, 0.3) is 0 Å². The molecule has 3 rings (SSSR count). The molecule has 0 aromatic heterocycles. The Hall–Kier alpha value is -0.580. The molecule has 0 heterocycles. The van der Waals surface area contributed by atoms with Crippen LogP contribution in [0.2, 0.25) is 5.02 Å². The molecule has 3 nitrogen and oxygen atoms in total. The molecule has 2 aliphatic carbocycles. The molecule has 0 unspecified atom stereocenters. The van der Waals surface area contributed by atoms with Crippen molar-refractivity contribution in [2.24, 2.45) is 16.7 Å². The number of nitrogens with one attached hydrogen (secondary N) is 1. The fourth-order valence-corrected chi connectivity index (χ4v) is 5.74. The minimum Gasteiger partial charge on any atom is -0.207 e. The second kappa shape index (κ2) is 4.71. The minimum atomic E-state index is -3.48. The Labute approximate surface area is 132 Å². The van der Waals surface area contributed by atoms with E-state index in [1.165, 1.54) is 6.42 Å². The van der Waals surface area contributed by atoms with Crippen LogP contribution in [-0.2, 0) is 10.0 Å². The van der Waals surface area contributed by atoms with Crippen LogP contribution >= 0.6 is 11.6 Å². The largest absolute Gasteiger partial charge is 0.240 e. The minimum absolute atomic E-state index is 0.0203. The van der Waals surface area contributed by atoms with Gasteiger partial charge in [-0.15, -0.1) is 0 Å². The molecular formula is C16H22ClNO2S. The zero-order valence-corrected chi connectivity index (χ0v) is 14.3. The van der Waals surface area contributed by atoms with E-state index in [1.807, 2.05) is 0 Å². The topological polar surface area (TPSA) is 46.2 Å². The summed E-state index contributed by atoms with van der Waals surface area (Å²) >= 11 is 5.83. The smallest absolute Gasteiger partial charge is 0.207 e. The summed E-state index contributed by atoms with van der Waals surface area (Å²) in [5.74, 6) is 0.611. The number of sulfonamides is 1. The van der Waals surface area contributed by atoms with Gasteiger partial charge in [0.05, 0.1) is 4.90 Å². The average Bonchev–Trinajstić information content (AvgIpc) is 2.72. The van der Waals surface area contributed by atoms with Crippen molar-refractivity contribution in [3.8, 4) is 0 Å². The Morgan fingerprint density at radius 3 is 2.29 bits per heavy atom. The van der Waals surface area contributed by atoms with Gasteiger partial charge in [-0.1, -0.05) is 32.4 Å². The van der Waals surface area contributed by atoms with Gasteiger partial charge in [0.15, 0.2) is 0 Å². The standard InChI is InChI=1S/C16H22ClNO2S/c1-15(2)11-8-9-16(15,3)14(10-11)18-21(19,20)13-6-4-12(17)5-7-13/h4-7,11,14,18H,8-10H2,1-3H3/t11-,14-,16-/m0/s1. The molecule has 21 heavy (non-hydrogen) atoms. The van der Waals surface area contributed by atoms with Gasteiger partial charge in [-0.05, 0) is 60.3 Å². The van der Waals surface area contributed by atoms with Crippen LogP contribution < -0.4 is 4.72 Å². The van der Waals surface area contributed by atoms with E-state index in [4.69, 9.17) is 11.6 Å². The lowest BCUT2D eigenvalue weighted by Gasteiger charge is -2.39. The van der Waals surface area contributed by atoms with Gasteiger partial charge < -0.3 is 0 Å². The van der Waals surface area contributed by atoms with Gasteiger partial charge in [-0.3, -0.25) is 0 Å². The summed E-state index contributed by atoms with van der Waals surface area (Å²) in [6.07, 6.45) is 3.25. The number of rotatable bonds is 3. The average molecular weight is 328 g/mol. The van der Waals surface area contributed by atoms with E-state index in [1.54, 1.807) is 24.3 Å². The second-order valence-corrected chi connectivity index (χ2v) is 9.39. The van der Waals surface area contributed by atoms with Crippen molar-refractivity contribution in [3.63, 3.8) is 0 Å². The van der Waals surface area contributed by atoms with Crippen molar-refractivity contribution in [2.75, 3.05) is 0 Å². The van der Waals surface area contributed by atoms with E-state index in [9.17, 15) is 8.42 Å². The van der Waals surface area contributed by atoms with Crippen LogP contribution in [0.5, 0.6) is 0 Å². The number of hydrogen-bond donors (Lipinski definition) is 1. The molecular weight excluding hydrogens is 306 g/mol. The van der Waals surface area contributed by atoms with Gasteiger partial charge in [-0.25, -0.2) is 13.1 Å². The van der Waals surface area contributed by atoms with Crippen LogP contribution in [0.1, 0.15) is 40.0 Å². The van der Waals surface area contributed by atoms with Crippen LogP contribution in [-0.4, -0.2) is 14.5 Å². The number of hydrogen-bond acceptors (Lipinski definition) is 2. The molecule has 2 fully saturated rings. The first-order valence-corrected chi connectivity index (χ1v) is 9.31. The number of fused-ring (bicyclic) bond motifs is 2. The maximum atomic E-state index is 12.6. The zero-order valence-electron chi connectivity index (χ0n) is 12.7. The molecule has 2 saturated carbocycles. The highest BCUT2D eigenvalue weighted by Crippen LogP contribution is 2.65. The van der Waals surface area contributed by atoms with Crippen molar-refractivity contribution >= 4 is 21.6 Å². The molecule has 2 bridgehead atoms. The maximum absolute atomic E-state index is 12.6. The third kappa shape index (κ3) is 2.23. The third-order valence-corrected chi connectivity index (χ3v) is 7.95. The molecule has 0 saturated heterocycles. The summed E-state index contributed by atoms with van der Waals surface area (Å²) in [7, 11) is -3.48. The first kappa shape index (κ1) is 15.3. The first-order chi connectivity index (χ1) is 9.67. The Balaban J connectivity index is 1.86. The summed E-state index contributed by atoms with van der Waals surface area (Å²) < 4.78 is 28.1. The summed E-state index contributed by atoms with van der Waals surface area (Å²) in [5, 5.41) is 0.543. The fourth-order valence-electron chi connectivity index (χ4n) is 4.25. The van der Waals surface area contributed by atoms with Crippen molar-refractivity contribution in [3.05, 3.63) is 29.3 Å². The molecule has 1 aromatic carbocycles. The summed E-state index contributed by atoms with van der Waals surface area (Å²) in [6.45, 7) is 6.79. The van der Waals surface area contributed by atoms with Gasteiger partial charge >= 0.3 is 0 Å². The van der Waals surface area contributed by atoms with Crippen LogP contribution in [0.4, 0.5) is 0 Å². The molecule has 0 radical (unpaired) electrons. The second-order valence-electron chi connectivity index (χ2n) is 7.24. The SMILES string of the molecule is CC1(C)[C@H]2CC[C@@]1(C)[C@@H](NS(=O)(=O)c1ccc(Cl)cc1)C2. The van der Waals surface area contributed by atoms with Crippen LogP contribution in [0, 0.1) is 16.7 Å². The third-order valence-electron chi connectivity index (χ3n) is 6.22. The fraction of sp³-hybridized carbons (Fsp3) is 0.625. The lowest BCUT2D eigenvalue weighted by molar-refractivity contribution is 0.130. The van der Waals surface area contributed by atoms with Crippen molar-refractivity contribution < 1.29 is 8.42 Å². The highest BCUT2D eigenvalue weighted by molar-refractivity contribution is 7.89. The van der Waals surface area contributed by atoms with Crippen molar-refractivity contribution in [2.45, 2.75) is 51.0 Å². The Kier molecular flexibility index (Phi) is 3.43. The number of benzene rings is 1. The van der Waals surface area contributed by atoms with Crippen molar-refractivity contribution in [1.29, 1.82) is 0 Å². The van der Waals surface area contributed by atoms with Gasteiger partial charge in [-0.2, -0.15) is 0 Å². The van der Waals surface area contributed by atoms with E-state index < -0.39 is 10.0 Å². The molecule has 3 atom stereocenters. The summed E-state index contributed by atoms with van der Waals surface area (Å²) in [5.41, 5.74) is 0.233. The van der Waals surface area contributed by atoms with Gasteiger partial charge in [0.2, 0.25) is 10.0 Å². The lowest BCUT2D eigenvalue weighted by atomic mass is 9.69. The van der Waals surface area contributed by atoms with E-state index >= 15 is 0 Å². The van der Waals surface area contributed by atoms with E-state index in [0.29, 0.717) is 10.9 Å². The van der Waals surface area contributed by atoms with Gasteiger partial charge in [0.25, 0.3) is 0 Å².